The van der Waals surface area contributed by atoms with E-state index < -0.39 is 32.6 Å². The molecule has 0 bridgehead atoms. The van der Waals surface area contributed by atoms with Crippen molar-refractivity contribution < 1.29 is 27.5 Å². The van der Waals surface area contributed by atoms with Crippen molar-refractivity contribution in [3.8, 4) is 0 Å². The summed E-state index contributed by atoms with van der Waals surface area (Å²) in [6, 6.07) is 0. The summed E-state index contributed by atoms with van der Waals surface area (Å²) >= 11 is 0. The summed E-state index contributed by atoms with van der Waals surface area (Å²) in [5, 5.41) is 4.77. The second kappa shape index (κ2) is 6.21. The average Bonchev–Trinajstić information content (AvgIpc) is 2.16. The lowest BCUT2D eigenvalue weighted by molar-refractivity contribution is -0.141. The van der Waals surface area contributed by atoms with E-state index in [4.69, 9.17) is 10.9 Å². The van der Waals surface area contributed by atoms with Crippen molar-refractivity contribution in [3.63, 3.8) is 0 Å². The van der Waals surface area contributed by atoms with Crippen LogP contribution in [0.5, 0.6) is 0 Å². The van der Waals surface area contributed by atoms with Gasteiger partial charge in [0.25, 0.3) is 0 Å². The van der Waals surface area contributed by atoms with Crippen LogP contribution in [-0.4, -0.2) is 33.6 Å². The highest BCUT2D eigenvalue weighted by atomic mass is 32.2. The lowest BCUT2D eigenvalue weighted by Gasteiger charge is -2.08. The molecule has 0 fully saturated rings. The number of sulfonamides is 1. The molecule has 0 atom stereocenters. The van der Waals surface area contributed by atoms with Crippen LogP contribution in [0.2, 0.25) is 0 Å². The molecule has 9 heteroatoms. The van der Waals surface area contributed by atoms with E-state index in [1.54, 1.807) is 0 Å². The van der Waals surface area contributed by atoms with Gasteiger partial charge in [-0.15, -0.1) is 0 Å². The molecule has 0 aromatic rings. The van der Waals surface area contributed by atoms with Crippen LogP contribution in [-0.2, 0) is 29.1 Å². The van der Waals surface area contributed by atoms with Crippen molar-refractivity contribution in [3.05, 3.63) is 10.6 Å². The van der Waals surface area contributed by atoms with Crippen molar-refractivity contribution >= 4 is 22.0 Å². The van der Waals surface area contributed by atoms with Gasteiger partial charge in [-0.05, 0) is 13.8 Å². The largest absolute Gasteiger partial charge is 0.462 e. The molecule has 0 rings (SSSR count). The molecule has 0 amide bonds. The van der Waals surface area contributed by atoms with E-state index in [9.17, 15) is 18.0 Å². The van der Waals surface area contributed by atoms with Crippen LogP contribution >= 0.6 is 0 Å². The fourth-order valence-corrected chi connectivity index (χ4v) is 1.56. The van der Waals surface area contributed by atoms with E-state index in [0.29, 0.717) is 0 Å². The normalized spacial score (nSPS) is 12.6. The number of esters is 2. The number of ether oxygens (including phenoxy) is 2. The Balaban J connectivity index is 5.54. The number of carbonyl (C=O) groups is 2. The summed E-state index contributed by atoms with van der Waals surface area (Å²) in [5.74, 6) is -2.44. The van der Waals surface area contributed by atoms with Gasteiger partial charge in [0.2, 0.25) is 10.0 Å². The van der Waals surface area contributed by atoms with Crippen LogP contribution in [0.3, 0.4) is 0 Å². The molecular formula is C8H14N2O6S. The quantitative estimate of drug-likeness (QED) is 0.459. The number of carbonyl (C=O) groups excluding carboxylic acids is 2. The van der Waals surface area contributed by atoms with Gasteiger partial charge in [-0.25, -0.2) is 23.1 Å². The summed E-state index contributed by atoms with van der Waals surface area (Å²) < 4.78 is 31.2. The van der Waals surface area contributed by atoms with Gasteiger partial charge in [0.1, 0.15) is 5.70 Å². The lowest BCUT2D eigenvalue weighted by Crippen LogP contribution is -2.30. The monoisotopic (exact) mass is 266 g/mol. The van der Waals surface area contributed by atoms with Gasteiger partial charge in [0.05, 0.1) is 13.2 Å². The standard InChI is InChI=1S/C8H14N2O6S/c1-3-15-7(11)5(9)6(17(10,13)14)8(12)16-4-2/h3-4,9H2,1-2H3,(H2,10,13,14)/b6-5-. The zero-order valence-corrected chi connectivity index (χ0v) is 10.2. The molecule has 8 nitrogen and oxygen atoms in total. The van der Waals surface area contributed by atoms with E-state index in [2.05, 4.69) is 9.47 Å². The first-order chi connectivity index (χ1) is 7.75. The van der Waals surface area contributed by atoms with Gasteiger partial charge >= 0.3 is 11.9 Å². The molecule has 0 aromatic carbocycles. The van der Waals surface area contributed by atoms with E-state index in [1.807, 2.05) is 0 Å². The smallest absolute Gasteiger partial charge is 0.355 e. The first-order valence-corrected chi connectivity index (χ1v) is 6.17. The van der Waals surface area contributed by atoms with Crippen molar-refractivity contribution in [2.75, 3.05) is 13.2 Å². The van der Waals surface area contributed by atoms with Crippen LogP contribution in [0.1, 0.15) is 13.8 Å². The van der Waals surface area contributed by atoms with E-state index in [0.717, 1.165) is 0 Å². The molecule has 0 saturated heterocycles. The zero-order valence-electron chi connectivity index (χ0n) is 9.43. The molecule has 0 saturated carbocycles. The number of primary sulfonamides is 1. The minimum atomic E-state index is -4.47. The van der Waals surface area contributed by atoms with Crippen LogP contribution in [0.15, 0.2) is 10.6 Å². The molecule has 0 aliphatic carbocycles. The van der Waals surface area contributed by atoms with Crippen LogP contribution in [0.4, 0.5) is 0 Å². The van der Waals surface area contributed by atoms with Gasteiger partial charge in [-0.3, -0.25) is 0 Å². The van der Waals surface area contributed by atoms with Crippen LogP contribution in [0.25, 0.3) is 0 Å². The first kappa shape index (κ1) is 15.4. The van der Waals surface area contributed by atoms with Crippen molar-refractivity contribution in [2.45, 2.75) is 13.8 Å². The molecule has 0 aliphatic heterocycles. The Hall–Kier alpha value is -1.61. The Kier molecular flexibility index (Phi) is 5.62. The highest BCUT2D eigenvalue weighted by Crippen LogP contribution is 2.09. The highest BCUT2D eigenvalue weighted by molar-refractivity contribution is 7.94. The fourth-order valence-electron chi connectivity index (χ4n) is 0.878. The third-order valence-electron chi connectivity index (χ3n) is 1.49. The molecule has 0 heterocycles. The topological polar surface area (TPSA) is 139 Å². The molecule has 4 N–H and O–H groups in total. The molecule has 17 heavy (non-hydrogen) atoms. The van der Waals surface area contributed by atoms with Gasteiger partial charge < -0.3 is 15.2 Å². The Labute approximate surface area is 98.6 Å². The SMILES string of the molecule is CCOC(=O)/C(N)=C(\C(=O)OCC)S(N)(=O)=O. The molecule has 0 aromatic heterocycles. The van der Waals surface area contributed by atoms with Gasteiger partial charge in [-0.2, -0.15) is 0 Å². The number of rotatable bonds is 5. The number of hydrogen-bond acceptors (Lipinski definition) is 7. The molecular weight excluding hydrogens is 252 g/mol. The van der Waals surface area contributed by atoms with Gasteiger partial charge in [0, 0.05) is 0 Å². The Bertz CT molecular complexity index is 439. The summed E-state index contributed by atoms with van der Waals surface area (Å²) in [6.45, 7) is 2.83. The molecule has 0 unspecified atom stereocenters. The summed E-state index contributed by atoms with van der Waals surface area (Å²) in [4.78, 5) is 21.4. The van der Waals surface area contributed by atoms with E-state index >= 15 is 0 Å². The third-order valence-corrected chi connectivity index (χ3v) is 2.44. The van der Waals surface area contributed by atoms with Crippen LogP contribution < -0.4 is 10.9 Å². The van der Waals surface area contributed by atoms with Crippen molar-refractivity contribution in [2.24, 2.45) is 10.9 Å². The van der Waals surface area contributed by atoms with Crippen LogP contribution in [0, 0.1) is 0 Å². The van der Waals surface area contributed by atoms with E-state index in [1.165, 1.54) is 13.8 Å². The average molecular weight is 266 g/mol. The van der Waals surface area contributed by atoms with Gasteiger partial charge in [-0.1, -0.05) is 0 Å². The summed E-state index contributed by atoms with van der Waals surface area (Å²) in [6.07, 6.45) is 0. The minimum absolute atomic E-state index is 0.0275. The molecule has 0 radical (unpaired) electrons. The third kappa shape index (κ3) is 4.41. The number of nitrogens with two attached hydrogens (primary N) is 2. The van der Waals surface area contributed by atoms with Crippen molar-refractivity contribution in [1.29, 1.82) is 0 Å². The Morgan fingerprint density at radius 1 is 1.06 bits per heavy atom. The van der Waals surface area contributed by atoms with E-state index in [-0.39, 0.29) is 13.2 Å². The first-order valence-electron chi connectivity index (χ1n) is 4.62. The molecule has 0 spiro atoms. The predicted molar refractivity (Wildman–Crippen MR) is 57.6 cm³/mol. The maximum atomic E-state index is 11.3. The Morgan fingerprint density at radius 3 is 1.82 bits per heavy atom. The summed E-state index contributed by atoms with van der Waals surface area (Å²) in [5.41, 5.74) is 4.31. The summed E-state index contributed by atoms with van der Waals surface area (Å²) in [7, 11) is -4.47. The predicted octanol–water partition coefficient (Wildman–Crippen LogP) is -1.43. The lowest BCUT2D eigenvalue weighted by atomic mass is 10.4. The second-order valence-corrected chi connectivity index (χ2v) is 4.23. The molecule has 0 aliphatic rings. The highest BCUT2D eigenvalue weighted by Gasteiger charge is 2.30. The van der Waals surface area contributed by atoms with Gasteiger partial charge in [0.15, 0.2) is 4.91 Å². The Morgan fingerprint density at radius 2 is 1.47 bits per heavy atom. The number of hydrogen-bond donors (Lipinski definition) is 2. The maximum Gasteiger partial charge on any atom is 0.355 e. The fraction of sp³-hybridized carbons (Fsp3) is 0.500. The molecule has 98 valence electrons. The second-order valence-electron chi connectivity index (χ2n) is 2.73. The minimum Gasteiger partial charge on any atom is -0.462 e. The van der Waals surface area contributed by atoms with Crippen molar-refractivity contribution in [1.82, 2.24) is 0 Å². The zero-order chi connectivity index (χ0) is 13.6. The maximum absolute atomic E-state index is 11.3.